The second-order valence-corrected chi connectivity index (χ2v) is 7.29. The lowest BCUT2D eigenvalue weighted by molar-refractivity contribution is -0.139. The molecule has 0 N–H and O–H groups in total. The van der Waals surface area contributed by atoms with Crippen molar-refractivity contribution in [1.82, 2.24) is 4.90 Å². The van der Waals surface area contributed by atoms with Crippen LogP contribution in [-0.4, -0.2) is 29.3 Å². The van der Waals surface area contributed by atoms with Crippen LogP contribution < -0.4 is 4.74 Å². The van der Waals surface area contributed by atoms with Crippen LogP contribution in [0.1, 0.15) is 25.5 Å². The van der Waals surface area contributed by atoms with Gasteiger partial charge in [-0.25, -0.2) is 9.79 Å². The van der Waals surface area contributed by atoms with Gasteiger partial charge in [0.15, 0.2) is 5.17 Å². The Morgan fingerprint density at radius 3 is 3.04 bits per heavy atom. The Hall–Kier alpha value is -2.17. The summed E-state index contributed by atoms with van der Waals surface area (Å²) in [6, 6.07) is 5.25. The molecule has 0 aliphatic carbocycles. The summed E-state index contributed by atoms with van der Waals surface area (Å²) in [6.07, 6.45) is 7.25. The average Bonchev–Trinajstić information content (AvgIpc) is 3.07. The molecule has 2 aliphatic rings. The van der Waals surface area contributed by atoms with Gasteiger partial charge in [-0.2, -0.15) is 0 Å². The molecule has 0 saturated heterocycles. The van der Waals surface area contributed by atoms with Crippen LogP contribution >= 0.6 is 27.7 Å². The van der Waals surface area contributed by atoms with Crippen LogP contribution in [0.2, 0.25) is 0 Å². The van der Waals surface area contributed by atoms with Crippen LogP contribution in [0.25, 0.3) is 0 Å². The molecule has 5 nitrogen and oxygen atoms in total. The third kappa shape index (κ3) is 3.53. The number of ether oxygens (including phenoxy) is 2. The number of nitrogens with zero attached hydrogens (tertiary/aromatic N) is 2. The van der Waals surface area contributed by atoms with Crippen molar-refractivity contribution < 1.29 is 14.3 Å². The van der Waals surface area contributed by atoms with Crippen molar-refractivity contribution >= 4 is 38.8 Å². The summed E-state index contributed by atoms with van der Waals surface area (Å²) < 4.78 is 11.9. The number of benzene rings is 1. The van der Waals surface area contributed by atoms with Gasteiger partial charge in [0.05, 0.1) is 23.9 Å². The number of rotatable bonds is 5. The number of hydrogen-bond acceptors (Lipinski definition) is 6. The van der Waals surface area contributed by atoms with Gasteiger partial charge in [-0.05, 0) is 37.5 Å². The molecular formula is C19H17BrN2O3S. The van der Waals surface area contributed by atoms with Crippen LogP contribution in [-0.2, 0) is 9.53 Å². The van der Waals surface area contributed by atoms with Gasteiger partial charge in [0.25, 0.3) is 0 Å². The molecule has 0 radical (unpaired) electrons. The first-order chi connectivity index (χ1) is 12.6. The lowest BCUT2D eigenvalue weighted by Gasteiger charge is -2.34. The van der Waals surface area contributed by atoms with Crippen LogP contribution in [0, 0.1) is 12.3 Å². The lowest BCUT2D eigenvalue weighted by Crippen LogP contribution is -2.34. The molecule has 7 heteroatoms. The van der Waals surface area contributed by atoms with Gasteiger partial charge in [0.2, 0.25) is 0 Å². The summed E-state index contributed by atoms with van der Waals surface area (Å²) in [4.78, 5) is 19.2. The quantitative estimate of drug-likeness (QED) is 0.514. The van der Waals surface area contributed by atoms with E-state index in [0.717, 1.165) is 15.2 Å². The number of carbonyl (C=O) groups excluding carboxylic acids is 1. The van der Waals surface area contributed by atoms with Gasteiger partial charge in [-0.3, -0.25) is 0 Å². The molecule has 134 valence electrons. The van der Waals surface area contributed by atoms with Crippen LogP contribution in [0.4, 0.5) is 0 Å². The first kappa shape index (κ1) is 18.6. The lowest BCUT2D eigenvalue weighted by atomic mass is 9.94. The van der Waals surface area contributed by atoms with Crippen molar-refractivity contribution in [3.63, 3.8) is 0 Å². The molecule has 0 fully saturated rings. The third-order valence-electron chi connectivity index (χ3n) is 3.89. The predicted molar refractivity (Wildman–Crippen MR) is 107 cm³/mol. The van der Waals surface area contributed by atoms with Gasteiger partial charge in [0, 0.05) is 16.2 Å². The zero-order valence-corrected chi connectivity index (χ0v) is 16.8. The Kier molecular flexibility index (Phi) is 5.74. The van der Waals surface area contributed by atoms with Crippen LogP contribution in [0.3, 0.4) is 0 Å². The van der Waals surface area contributed by atoms with Crippen molar-refractivity contribution in [2.24, 2.45) is 4.99 Å². The molecule has 0 unspecified atom stereocenters. The molecule has 2 aliphatic heterocycles. The standard InChI is InChI=1S/C19H17BrN2O3S/c1-4-9-25-15-7-6-13(20)11-14(15)17-16(18(23)24-5-2)12(3)21-19-22(17)8-10-26-19/h1,6-8,10-11,17H,5,9H2,2-3H3/t17-/m0/s1. The van der Waals surface area contributed by atoms with Crippen molar-refractivity contribution in [3.8, 4) is 18.1 Å². The number of carbonyl (C=O) groups is 1. The van der Waals surface area contributed by atoms with Crippen molar-refractivity contribution in [2.75, 3.05) is 13.2 Å². The van der Waals surface area contributed by atoms with Crippen molar-refractivity contribution in [2.45, 2.75) is 19.9 Å². The molecule has 0 spiro atoms. The minimum absolute atomic E-state index is 0.143. The maximum absolute atomic E-state index is 12.7. The first-order valence-electron chi connectivity index (χ1n) is 8.00. The Morgan fingerprint density at radius 1 is 1.50 bits per heavy atom. The molecule has 1 atom stereocenters. The molecule has 2 heterocycles. The zero-order chi connectivity index (χ0) is 18.7. The molecule has 0 aromatic heterocycles. The highest BCUT2D eigenvalue weighted by Crippen LogP contribution is 2.44. The molecule has 0 amide bonds. The van der Waals surface area contributed by atoms with E-state index < -0.39 is 6.04 Å². The first-order valence-corrected chi connectivity index (χ1v) is 9.68. The van der Waals surface area contributed by atoms with Crippen LogP contribution in [0.5, 0.6) is 5.75 Å². The normalized spacial score (nSPS) is 18.3. The Labute approximate surface area is 165 Å². The summed E-state index contributed by atoms with van der Waals surface area (Å²) in [5.41, 5.74) is 1.95. The van der Waals surface area contributed by atoms with E-state index in [2.05, 4.69) is 26.8 Å². The van der Waals surface area contributed by atoms with E-state index in [9.17, 15) is 4.79 Å². The molecule has 26 heavy (non-hydrogen) atoms. The summed E-state index contributed by atoms with van der Waals surface area (Å²) in [6.45, 7) is 4.04. The highest BCUT2D eigenvalue weighted by Gasteiger charge is 2.39. The fraction of sp³-hybridized carbons (Fsp3) is 0.263. The predicted octanol–water partition coefficient (Wildman–Crippen LogP) is 4.23. The van der Waals surface area contributed by atoms with E-state index in [1.807, 2.05) is 41.6 Å². The number of esters is 1. The van der Waals surface area contributed by atoms with Gasteiger partial charge < -0.3 is 14.4 Å². The Morgan fingerprint density at radius 2 is 2.31 bits per heavy atom. The fourth-order valence-corrected chi connectivity index (χ4v) is 4.03. The number of terminal acetylenes is 1. The number of thioether (sulfide) groups is 1. The largest absolute Gasteiger partial charge is 0.481 e. The number of aliphatic imine (C=N–C) groups is 1. The van der Waals surface area contributed by atoms with E-state index in [4.69, 9.17) is 15.9 Å². The minimum Gasteiger partial charge on any atom is -0.481 e. The SMILES string of the molecule is C#CCOc1ccc(Br)cc1[C@H]1C(C(=O)OCC)=C(C)N=C2SC=CN21. The van der Waals surface area contributed by atoms with Gasteiger partial charge in [-0.1, -0.05) is 33.6 Å². The topological polar surface area (TPSA) is 51.1 Å². The zero-order valence-electron chi connectivity index (χ0n) is 14.4. The van der Waals surface area contributed by atoms with E-state index in [1.165, 1.54) is 11.8 Å². The Balaban J connectivity index is 2.15. The number of hydrogen-bond donors (Lipinski definition) is 0. The molecule has 0 saturated carbocycles. The summed E-state index contributed by atoms with van der Waals surface area (Å²) in [7, 11) is 0. The maximum Gasteiger partial charge on any atom is 0.338 e. The van der Waals surface area contributed by atoms with E-state index in [1.54, 1.807) is 6.92 Å². The number of allylic oxidation sites excluding steroid dienone is 1. The minimum atomic E-state index is -0.405. The highest BCUT2D eigenvalue weighted by molar-refractivity contribution is 9.10. The number of fused-ring (bicyclic) bond motifs is 1. The molecule has 1 aromatic carbocycles. The number of halogens is 1. The maximum atomic E-state index is 12.7. The Bertz CT molecular complexity index is 870. The second kappa shape index (κ2) is 8.02. The van der Waals surface area contributed by atoms with Gasteiger partial charge in [0.1, 0.15) is 12.4 Å². The monoisotopic (exact) mass is 432 g/mol. The smallest absolute Gasteiger partial charge is 0.338 e. The highest BCUT2D eigenvalue weighted by atomic mass is 79.9. The summed E-state index contributed by atoms with van der Waals surface area (Å²) >= 11 is 5.01. The van der Waals surface area contributed by atoms with Gasteiger partial charge >= 0.3 is 5.97 Å². The average molecular weight is 433 g/mol. The van der Waals surface area contributed by atoms with Crippen molar-refractivity contribution in [3.05, 3.63) is 51.1 Å². The van der Waals surface area contributed by atoms with Crippen molar-refractivity contribution in [1.29, 1.82) is 0 Å². The van der Waals surface area contributed by atoms with Gasteiger partial charge in [-0.15, -0.1) is 6.42 Å². The van der Waals surface area contributed by atoms with E-state index >= 15 is 0 Å². The third-order valence-corrected chi connectivity index (χ3v) is 5.16. The fourth-order valence-electron chi connectivity index (χ4n) is 2.86. The summed E-state index contributed by atoms with van der Waals surface area (Å²) in [5.74, 6) is 2.72. The van der Waals surface area contributed by atoms with E-state index in [0.29, 0.717) is 23.6 Å². The second-order valence-electron chi connectivity index (χ2n) is 5.50. The van der Waals surface area contributed by atoms with Crippen LogP contribution in [0.15, 0.2) is 50.5 Å². The molecule has 3 rings (SSSR count). The number of amidine groups is 1. The molecule has 0 bridgehead atoms. The summed E-state index contributed by atoms with van der Waals surface area (Å²) in [5, 5.41) is 2.75. The molecular weight excluding hydrogens is 416 g/mol. The molecule has 1 aromatic rings. The van der Waals surface area contributed by atoms with E-state index in [-0.39, 0.29) is 12.6 Å².